The molecule has 1 saturated carbocycles. The first kappa shape index (κ1) is 15.1. The van der Waals surface area contributed by atoms with Crippen LogP contribution in [0.25, 0.3) is 11.3 Å². The van der Waals surface area contributed by atoms with E-state index in [9.17, 15) is 4.39 Å². The van der Waals surface area contributed by atoms with Gasteiger partial charge in [0.2, 0.25) is 0 Å². The van der Waals surface area contributed by atoms with Gasteiger partial charge in [-0.25, -0.2) is 9.37 Å². The third-order valence-electron chi connectivity index (χ3n) is 4.30. The summed E-state index contributed by atoms with van der Waals surface area (Å²) in [6, 6.07) is 4.68. The largest absolute Gasteiger partial charge is 0.319 e. The van der Waals surface area contributed by atoms with E-state index in [1.54, 1.807) is 17.4 Å². The van der Waals surface area contributed by atoms with E-state index in [4.69, 9.17) is 10.7 Å². The molecule has 0 saturated heterocycles. The molecule has 112 valence electrons. The lowest BCUT2D eigenvalue weighted by Gasteiger charge is -2.34. The van der Waals surface area contributed by atoms with Gasteiger partial charge in [0, 0.05) is 15.4 Å². The molecule has 1 aliphatic carbocycles. The van der Waals surface area contributed by atoms with E-state index in [1.807, 2.05) is 5.38 Å². The zero-order chi connectivity index (χ0) is 15.0. The molecule has 1 fully saturated rings. The fraction of sp³-hybridized carbons (Fsp3) is 0.438. The van der Waals surface area contributed by atoms with E-state index >= 15 is 0 Å². The number of nitrogens with zero attached hydrogens (tertiary/aromatic N) is 1. The zero-order valence-corrected chi connectivity index (χ0v) is 14.3. The van der Waals surface area contributed by atoms with E-state index in [0.29, 0.717) is 0 Å². The fourth-order valence-electron chi connectivity index (χ4n) is 2.81. The second-order valence-electron chi connectivity index (χ2n) is 6.00. The van der Waals surface area contributed by atoms with Crippen LogP contribution < -0.4 is 5.73 Å². The minimum Gasteiger partial charge on any atom is -0.319 e. The van der Waals surface area contributed by atoms with Crippen molar-refractivity contribution in [2.45, 2.75) is 38.1 Å². The van der Waals surface area contributed by atoms with E-state index in [0.717, 1.165) is 52.3 Å². The number of thiazole rings is 1. The average Bonchev–Trinajstić information content (AvgIpc) is 2.92. The Hall–Kier alpha value is -0.780. The quantitative estimate of drug-likeness (QED) is 0.802. The lowest BCUT2D eigenvalue weighted by atomic mass is 9.78. The Bertz CT molecular complexity index is 647. The van der Waals surface area contributed by atoms with Crippen molar-refractivity contribution < 1.29 is 4.39 Å². The molecule has 2 N–H and O–H groups in total. The monoisotopic (exact) mass is 368 g/mol. The maximum atomic E-state index is 13.2. The van der Waals surface area contributed by atoms with Crippen molar-refractivity contribution in [2.75, 3.05) is 0 Å². The van der Waals surface area contributed by atoms with Gasteiger partial charge in [-0.15, -0.1) is 11.3 Å². The molecule has 1 heterocycles. The number of halogens is 2. The van der Waals surface area contributed by atoms with Crippen LogP contribution in [0.4, 0.5) is 4.39 Å². The molecule has 1 aliphatic rings. The number of benzene rings is 1. The van der Waals surface area contributed by atoms with Crippen molar-refractivity contribution in [1.82, 2.24) is 4.98 Å². The van der Waals surface area contributed by atoms with Gasteiger partial charge in [0.25, 0.3) is 0 Å². The lowest BCUT2D eigenvalue weighted by Crippen LogP contribution is -2.40. The highest BCUT2D eigenvalue weighted by molar-refractivity contribution is 9.10. The van der Waals surface area contributed by atoms with Crippen molar-refractivity contribution >= 4 is 27.3 Å². The molecule has 21 heavy (non-hydrogen) atoms. The second kappa shape index (κ2) is 5.78. The van der Waals surface area contributed by atoms with Gasteiger partial charge in [-0.2, -0.15) is 0 Å². The number of nitrogens with two attached hydrogens (primary N) is 1. The van der Waals surface area contributed by atoms with Gasteiger partial charge in [0.1, 0.15) is 10.8 Å². The van der Waals surface area contributed by atoms with Crippen LogP contribution in [0, 0.1) is 11.7 Å². The van der Waals surface area contributed by atoms with Crippen LogP contribution in [0.3, 0.4) is 0 Å². The number of rotatable bonds is 2. The second-order valence-corrected chi connectivity index (χ2v) is 7.71. The standard InChI is InChI=1S/C16H18BrFN2S/c1-10-4-6-16(19,7-5-10)15-20-14(9-21-15)12-3-2-11(18)8-13(12)17/h2-3,8-10H,4-7,19H2,1H3. The van der Waals surface area contributed by atoms with Crippen LogP contribution in [-0.2, 0) is 5.54 Å². The molecule has 5 heteroatoms. The summed E-state index contributed by atoms with van der Waals surface area (Å²) in [5.41, 5.74) is 8.06. The molecule has 1 aromatic carbocycles. The van der Waals surface area contributed by atoms with Gasteiger partial charge in [-0.3, -0.25) is 0 Å². The Morgan fingerprint density at radius 1 is 1.38 bits per heavy atom. The summed E-state index contributed by atoms with van der Waals surface area (Å²) in [6.45, 7) is 2.28. The first-order chi connectivity index (χ1) is 9.98. The molecule has 2 aromatic rings. The Balaban J connectivity index is 1.89. The Morgan fingerprint density at radius 2 is 2.10 bits per heavy atom. The fourth-order valence-corrected chi connectivity index (χ4v) is 4.36. The third kappa shape index (κ3) is 3.05. The van der Waals surface area contributed by atoms with Crippen molar-refractivity contribution in [3.05, 3.63) is 38.9 Å². The molecular weight excluding hydrogens is 351 g/mol. The van der Waals surface area contributed by atoms with Gasteiger partial charge in [0.15, 0.2) is 0 Å². The summed E-state index contributed by atoms with van der Waals surface area (Å²) in [7, 11) is 0. The minimum atomic E-state index is -0.290. The molecule has 0 radical (unpaired) electrons. The SMILES string of the molecule is CC1CCC(N)(c2nc(-c3ccc(F)cc3Br)cs2)CC1. The smallest absolute Gasteiger partial charge is 0.124 e. The Morgan fingerprint density at radius 3 is 2.76 bits per heavy atom. The first-order valence-corrected chi connectivity index (χ1v) is 8.85. The van der Waals surface area contributed by atoms with Crippen molar-refractivity contribution in [1.29, 1.82) is 0 Å². The van der Waals surface area contributed by atoms with Crippen molar-refractivity contribution in [3.8, 4) is 11.3 Å². The predicted molar refractivity (Wildman–Crippen MR) is 88.7 cm³/mol. The van der Waals surface area contributed by atoms with Crippen LogP contribution >= 0.6 is 27.3 Å². The predicted octanol–water partition coefficient (Wildman–Crippen LogP) is 5.08. The lowest BCUT2D eigenvalue weighted by molar-refractivity contribution is 0.247. The van der Waals surface area contributed by atoms with Crippen LogP contribution in [-0.4, -0.2) is 4.98 Å². The van der Waals surface area contributed by atoms with Gasteiger partial charge in [-0.1, -0.05) is 6.92 Å². The van der Waals surface area contributed by atoms with Crippen LogP contribution in [0.1, 0.15) is 37.6 Å². The Labute approximate surface area is 136 Å². The van der Waals surface area contributed by atoms with E-state index < -0.39 is 0 Å². The topological polar surface area (TPSA) is 38.9 Å². The third-order valence-corrected chi connectivity index (χ3v) is 6.02. The summed E-state index contributed by atoms with van der Waals surface area (Å²) in [6.07, 6.45) is 4.30. The normalized spacial score (nSPS) is 26.0. The average molecular weight is 369 g/mol. The number of aromatic nitrogens is 1. The molecule has 0 bridgehead atoms. The molecule has 0 amide bonds. The Kier molecular flexibility index (Phi) is 4.17. The summed E-state index contributed by atoms with van der Waals surface area (Å²) in [5.74, 6) is 0.505. The first-order valence-electron chi connectivity index (χ1n) is 7.18. The summed E-state index contributed by atoms with van der Waals surface area (Å²) >= 11 is 5.02. The highest BCUT2D eigenvalue weighted by Crippen LogP contribution is 2.40. The highest BCUT2D eigenvalue weighted by Gasteiger charge is 2.34. The van der Waals surface area contributed by atoms with Crippen LogP contribution in [0.2, 0.25) is 0 Å². The van der Waals surface area contributed by atoms with Crippen molar-refractivity contribution in [3.63, 3.8) is 0 Å². The molecular formula is C16H18BrFN2S. The maximum Gasteiger partial charge on any atom is 0.124 e. The van der Waals surface area contributed by atoms with Crippen LogP contribution in [0.5, 0.6) is 0 Å². The van der Waals surface area contributed by atoms with E-state index in [2.05, 4.69) is 22.9 Å². The van der Waals surface area contributed by atoms with Gasteiger partial charge < -0.3 is 5.73 Å². The van der Waals surface area contributed by atoms with Gasteiger partial charge in [-0.05, 0) is 65.7 Å². The molecule has 2 nitrogen and oxygen atoms in total. The maximum absolute atomic E-state index is 13.2. The van der Waals surface area contributed by atoms with Crippen LogP contribution in [0.15, 0.2) is 28.1 Å². The summed E-state index contributed by atoms with van der Waals surface area (Å²) < 4.78 is 13.9. The molecule has 0 aliphatic heterocycles. The molecule has 0 atom stereocenters. The number of hydrogen-bond donors (Lipinski definition) is 1. The summed E-state index contributed by atoms with van der Waals surface area (Å²) in [5, 5.41) is 3.01. The molecule has 1 aromatic heterocycles. The molecule has 3 rings (SSSR count). The van der Waals surface area contributed by atoms with E-state index in [-0.39, 0.29) is 11.4 Å². The van der Waals surface area contributed by atoms with E-state index in [1.165, 1.54) is 12.1 Å². The zero-order valence-electron chi connectivity index (χ0n) is 11.9. The minimum absolute atomic E-state index is 0.252. The molecule has 0 unspecified atom stereocenters. The van der Waals surface area contributed by atoms with Gasteiger partial charge >= 0.3 is 0 Å². The summed E-state index contributed by atoms with van der Waals surface area (Å²) in [4.78, 5) is 4.73. The van der Waals surface area contributed by atoms with Gasteiger partial charge in [0.05, 0.1) is 11.2 Å². The number of hydrogen-bond acceptors (Lipinski definition) is 3. The van der Waals surface area contributed by atoms with Crippen molar-refractivity contribution in [2.24, 2.45) is 11.7 Å². The highest BCUT2D eigenvalue weighted by atomic mass is 79.9. The molecule has 0 spiro atoms.